The van der Waals surface area contributed by atoms with Crippen LogP contribution in [0.2, 0.25) is 0 Å². The Bertz CT molecular complexity index is 3760. The van der Waals surface area contributed by atoms with Crippen LogP contribution in [0.1, 0.15) is 22.3 Å². The Morgan fingerprint density at radius 2 is 0.797 bits per heavy atom. The Labute approximate surface area is 402 Å². The SMILES string of the molecule is c1ccc(-c2ccc(-c3ccc(N(c4ccc(-c5cccc6c5oc5ccccc56)cc4)c4cccc5c4-c4ccccc4C5(c4ccccc4)c4ccccc4)cc3)cc2-c2ccccc2)cc1. The Hall–Kier alpha value is -8.98. The molecular formula is C67H45NO. The lowest BCUT2D eigenvalue weighted by Crippen LogP contribution is -2.28. The molecule has 2 heteroatoms. The van der Waals surface area contributed by atoms with Crippen molar-refractivity contribution in [2.24, 2.45) is 0 Å². The van der Waals surface area contributed by atoms with Crippen LogP contribution in [0.3, 0.4) is 0 Å². The molecule has 69 heavy (non-hydrogen) atoms. The van der Waals surface area contributed by atoms with E-state index in [1.54, 1.807) is 0 Å². The van der Waals surface area contributed by atoms with Crippen molar-refractivity contribution >= 4 is 39.0 Å². The maximum absolute atomic E-state index is 6.53. The van der Waals surface area contributed by atoms with Crippen LogP contribution in [0.15, 0.2) is 277 Å². The van der Waals surface area contributed by atoms with Gasteiger partial charge in [0.25, 0.3) is 0 Å². The topological polar surface area (TPSA) is 16.4 Å². The van der Waals surface area contributed by atoms with Gasteiger partial charge in [-0.15, -0.1) is 0 Å². The van der Waals surface area contributed by atoms with E-state index in [4.69, 9.17) is 4.42 Å². The van der Waals surface area contributed by atoms with Gasteiger partial charge in [0.1, 0.15) is 11.2 Å². The molecule has 324 valence electrons. The maximum atomic E-state index is 6.53. The van der Waals surface area contributed by atoms with Crippen LogP contribution in [0, 0.1) is 0 Å². The summed E-state index contributed by atoms with van der Waals surface area (Å²) in [5, 5.41) is 2.25. The molecule has 0 N–H and O–H groups in total. The minimum absolute atomic E-state index is 0.530. The van der Waals surface area contributed by atoms with Gasteiger partial charge in [-0.2, -0.15) is 0 Å². The number of para-hydroxylation sites is 2. The van der Waals surface area contributed by atoms with E-state index in [0.717, 1.165) is 55.7 Å². The van der Waals surface area contributed by atoms with Crippen LogP contribution < -0.4 is 4.90 Å². The summed E-state index contributed by atoms with van der Waals surface area (Å²) in [5.41, 5.74) is 21.3. The van der Waals surface area contributed by atoms with Crippen molar-refractivity contribution in [3.63, 3.8) is 0 Å². The van der Waals surface area contributed by atoms with Crippen LogP contribution >= 0.6 is 0 Å². The van der Waals surface area contributed by atoms with Crippen LogP contribution in [0.5, 0.6) is 0 Å². The van der Waals surface area contributed by atoms with E-state index < -0.39 is 5.41 Å². The van der Waals surface area contributed by atoms with Crippen LogP contribution in [0.4, 0.5) is 17.1 Å². The molecule has 1 aromatic heterocycles. The highest BCUT2D eigenvalue weighted by Crippen LogP contribution is 2.59. The Morgan fingerprint density at radius 1 is 0.304 bits per heavy atom. The summed E-state index contributed by atoms with van der Waals surface area (Å²) in [7, 11) is 0. The van der Waals surface area contributed by atoms with E-state index in [0.29, 0.717) is 0 Å². The molecule has 0 fully saturated rings. The predicted molar refractivity (Wildman–Crippen MR) is 287 cm³/mol. The van der Waals surface area contributed by atoms with Gasteiger partial charge in [-0.25, -0.2) is 0 Å². The van der Waals surface area contributed by atoms with Gasteiger partial charge in [0.05, 0.1) is 11.1 Å². The van der Waals surface area contributed by atoms with Crippen molar-refractivity contribution in [1.29, 1.82) is 0 Å². The van der Waals surface area contributed by atoms with E-state index in [-0.39, 0.29) is 0 Å². The van der Waals surface area contributed by atoms with Crippen molar-refractivity contribution < 1.29 is 4.42 Å². The zero-order valence-corrected chi connectivity index (χ0v) is 37.8. The van der Waals surface area contributed by atoms with Gasteiger partial charge in [0, 0.05) is 33.3 Å². The largest absolute Gasteiger partial charge is 0.455 e. The predicted octanol–water partition coefficient (Wildman–Crippen LogP) is 18.1. The molecule has 1 aliphatic rings. The zero-order chi connectivity index (χ0) is 45.7. The molecule has 2 nitrogen and oxygen atoms in total. The fraction of sp³-hybridized carbons (Fsp3) is 0.0149. The summed E-state index contributed by atoms with van der Waals surface area (Å²) in [6.45, 7) is 0. The van der Waals surface area contributed by atoms with E-state index in [2.05, 4.69) is 266 Å². The molecular weight excluding hydrogens is 835 g/mol. The Kier molecular flexibility index (Phi) is 9.77. The second-order valence-electron chi connectivity index (χ2n) is 17.9. The molecule has 0 atom stereocenters. The summed E-state index contributed by atoms with van der Waals surface area (Å²) >= 11 is 0. The Morgan fingerprint density at radius 3 is 1.48 bits per heavy atom. The monoisotopic (exact) mass is 879 g/mol. The van der Waals surface area contributed by atoms with Crippen molar-refractivity contribution in [3.05, 3.63) is 295 Å². The van der Waals surface area contributed by atoms with Gasteiger partial charge < -0.3 is 9.32 Å². The third kappa shape index (κ3) is 6.64. The first kappa shape index (κ1) is 40.3. The number of anilines is 3. The molecule has 0 saturated heterocycles. The van der Waals surface area contributed by atoms with Gasteiger partial charge in [-0.1, -0.05) is 231 Å². The van der Waals surface area contributed by atoms with Crippen molar-refractivity contribution in [1.82, 2.24) is 0 Å². The molecule has 0 radical (unpaired) electrons. The molecule has 0 spiro atoms. The Balaban J connectivity index is 0.991. The van der Waals surface area contributed by atoms with Gasteiger partial charge in [0.2, 0.25) is 0 Å². The third-order valence-corrected chi connectivity index (χ3v) is 14.2. The first-order valence-corrected chi connectivity index (χ1v) is 23.7. The molecule has 0 bridgehead atoms. The number of furan rings is 1. The quantitative estimate of drug-likeness (QED) is 0.144. The average Bonchev–Trinajstić information content (AvgIpc) is 3.97. The highest BCUT2D eigenvalue weighted by atomic mass is 16.3. The number of nitrogens with zero attached hydrogens (tertiary/aromatic N) is 1. The fourth-order valence-electron chi connectivity index (χ4n) is 11.1. The van der Waals surface area contributed by atoms with E-state index in [1.165, 1.54) is 61.2 Å². The number of fused-ring (bicyclic) bond motifs is 6. The normalized spacial score (nSPS) is 12.5. The molecule has 12 aromatic rings. The minimum Gasteiger partial charge on any atom is -0.455 e. The van der Waals surface area contributed by atoms with E-state index in [9.17, 15) is 0 Å². The lowest BCUT2D eigenvalue weighted by atomic mass is 9.68. The van der Waals surface area contributed by atoms with E-state index in [1.807, 2.05) is 12.1 Å². The highest BCUT2D eigenvalue weighted by molar-refractivity contribution is 6.09. The summed E-state index contributed by atoms with van der Waals surface area (Å²) in [5.74, 6) is 0. The summed E-state index contributed by atoms with van der Waals surface area (Å²) < 4.78 is 6.53. The van der Waals surface area contributed by atoms with E-state index >= 15 is 0 Å². The van der Waals surface area contributed by atoms with Crippen molar-refractivity contribution in [3.8, 4) is 55.6 Å². The lowest BCUT2D eigenvalue weighted by Gasteiger charge is -2.34. The smallest absolute Gasteiger partial charge is 0.143 e. The van der Waals surface area contributed by atoms with Gasteiger partial charge in [-0.3, -0.25) is 0 Å². The molecule has 0 unspecified atom stereocenters. The zero-order valence-electron chi connectivity index (χ0n) is 37.8. The van der Waals surface area contributed by atoms with Gasteiger partial charge >= 0.3 is 0 Å². The summed E-state index contributed by atoms with van der Waals surface area (Å²) in [6.07, 6.45) is 0. The molecule has 0 aliphatic heterocycles. The minimum atomic E-state index is -0.530. The molecule has 0 saturated carbocycles. The first-order chi connectivity index (χ1) is 34.2. The standard InChI is InChI=1S/C67H45NO/c1-5-19-47(20-6-1)55-44-39-50(45-60(55)48-21-7-2-8-22-48)46-35-40-53(41-36-46)68(54-42-37-49(38-43-54)56-29-17-30-58-57-27-14-16-34-64(57)69-66(56)58)63-33-18-32-62-65(63)59-28-13-15-31-61(59)67(62,51-23-9-3-10-24-51)52-25-11-4-12-26-52/h1-45H. The number of hydrogen-bond donors (Lipinski definition) is 0. The highest BCUT2D eigenvalue weighted by Gasteiger charge is 2.47. The average molecular weight is 880 g/mol. The van der Waals surface area contributed by atoms with Crippen LogP contribution in [-0.4, -0.2) is 0 Å². The number of benzene rings is 11. The molecule has 11 aromatic carbocycles. The lowest BCUT2D eigenvalue weighted by molar-refractivity contribution is 0.670. The fourth-order valence-corrected chi connectivity index (χ4v) is 11.1. The van der Waals surface area contributed by atoms with Crippen LogP contribution in [0.25, 0.3) is 77.6 Å². The number of rotatable bonds is 9. The van der Waals surface area contributed by atoms with Gasteiger partial charge in [0.15, 0.2) is 0 Å². The third-order valence-electron chi connectivity index (χ3n) is 14.2. The molecule has 13 rings (SSSR count). The first-order valence-electron chi connectivity index (χ1n) is 23.7. The maximum Gasteiger partial charge on any atom is 0.143 e. The molecule has 0 amide bonds. The summed E-state index contributed by atoms with van der Waals surface area (Å²) in [6, 6.07) is 99.2. The van der Waals surface area contributed by atoms with Crippen molar-refractivity contribution in [2.45, 2.75) is 5.41 Å². The second-order valence-corrected chi connectivity index (χ2v) is 17.9. The second kappa shape index (κ2) is 16.7. The summed E-state index contributed by atoms with van der Waals surface area (Å²) in [4.78, 5) is 2.45. The molecule has 1 aliphatic carbocycles. The molecule has 1 heterocycles. The van der Waals surface area contributed by atoms with Gasteiger partial charge in [-0.05, 0) is 109 Å². The van der Waals surface area contributed by atoms with Crippen molar-refractivity contribution in [2.75, 3.05) is 4.90 Å². The van der Waals surface area contributed by atoms with Crippen LogP contribution in [-0.2, 0) is 5.41 Å². The number of hydrogen-bond acceptors (Lipinski definition) is 2.